The Balaban J connectivity index is 2.05. The topological polar surface area (TPSA) is 30.0 Å². The fraction of sp³-hybridized carbons (Fsp3) is 0.231. The summed E-state index contributed by atoms with van der Waals surface area (Å²) in [6.07, 6.45) is 0.628. The summed E-state index contributed by atoms with van der Waals surface area (Å²) in [5, 5.41) is 3.82. The molecule has 2 aromatic rings. The Kier molecular flexibility index (Phi) is 4.38. The van der Waals surface area contributed by atoms with Crippen LogP contribution >= 0.6 is 34.5 Å². The Morgan fingerprint density at radius 3 is 2.78 bits per heavy atom. The van der Waals surface area contributed by atoms with E-state index in [1.165, 1.54) is 0 Å². The van der Waals surface area contributed by atoms with Gasteiger partial charge in [0, 0.05) is 18.2 Å². The zero-order valence-corrected chi connectivity index (χ0v) is 12.1. The van der Waals surface area contributed by atoms with Crippen molar-refractivity contribution < 1.29 is 4.79 Å². The van der Waals surface area contributed by atoms with Crippen molar-refractivity contribution in [1.29, 1.82) is 0 Å². The summed E-state index contributed by atoms with van der Waals surface area (Å²) >= 11 is 13.5. The molecular weight excluding hydrogens is 289 g/mol. The van der Waals surface area contributed by atoms with Crippen LogP contribution in [0.5, 0.6) is 0 Å². The number of carbonyl (C=O) groups is 1. The van der Waals surface area contributed by atoms with Gasteiger partial charge >= 0.3 is 0 Å². The van der Waals surface area contributed by atoms with Gasteiger partial charge in [0.1, 0.15) is 5.78 Å². The van der Waals surface area contributed by atoms with E-state index in [2.05, 4.69) is 4.98 Å². The Hall–Kier alpha value is -0.900. The molecule has 0 unspecified atom stereocenters. The van der Waals surface area contributed by atoms with Crippen molar-refractivity contribution in [3.05, 3.63) is 49.9 Å². The molecule has 18 heavy (non-hydrogen) atoms. The number of rotatable bonds is 4. The number of hydrogen-bond acceptors (Lipinski definition) is 3. The lowest BCUT2D eigenvalue weighted by atomic mass is 10.1. The number of aryl methyl sites for hydroxylation is 1. The Bertz CT molecular complexity index is 580. The van der Waals surface area contributed by atoms with E-state index >= 15 is 0 Å². The first kappa shape index (κ1) is 13.5. The van der Waals surface area contributed by atoms with Crippen LogP contribution in [0.4, 0.5) is 0 Å². The molecule has 1 aromatic heterocycles. The fourth-order valence-corrected chi connectivity index (χ4v) is 2.65. The maximum absolute atomic E-state index is 11.9. The van der Waals surface area contributed by atoms with Crippen LogP contribution in [-0.2, 0) is 17.6 Å². The molecule has 0 saturated carbocycles. The molecule has 0 amide bonds. The second kappa shape index (κ2) is 5.83. The van der Waals surface area contributed by atoms with Crippen molar-refractivity contribution >= 4 is 40.3 Å². The van der Waals surface area contributed by atoms with Gasteiger partial charge in [0.2, 0.25) is 0 Å². The van der Waals surface area contributed by atoms with Crippen molar-refractivity contribution in [3.8, 4) is 0 Å². The van der Waals surface area contributed by atoms with Gasteiger partial charge in [-0.1, -0.05) is 35.3 Å². The van der Waals surface area contributed by atoms with E-state index in [0.717, 1.165) is 16.3 Å². The molecule has 2 rings (SSSR count). The smallest absolute Gasteiger partial charge is 0.143 e. The minimum Gasteiger partial charge on any atom is -0.299 e. The number of hydrogen-bond donors (Lipinski definition) is 0. The molecular formula is C13H11Cl2NOS. The van der Waals surface area contributed by atoms with Crippen LogP contribution in [0.25, 0.3) is 0 Å². The summed E-state index contributed by atoms with van der Waals surface area (Å²) in [5.41, 5.74) is 1.58. The summed E-state index contributed by atoms with van der Waals surface area (Å²) in [5.74, 6) is 0.0875. The van der Waals surface area contributed by atoms with Gasteiger partial charge in [-0.2, -0.15) is 0 Å². The molecule has 1 heterocycles. The molecule has 0 N–H and O–H groups in total. The fourth-order valence-electron chi connectivity index (χ4n) is 1.65. The summed E-state index contributed by atoms with van der Waals surface area (Å²) in [6, 6.07) is 5.32. The average molecular weight is 300 g/mol. The Morgan fingerprint density at radius 2 is 2.11 bits per heavy atom. The Morgan fingerprint density at radius 1 is 1.33 bits per heavy atom. The minimum atomic E-state index is 0.0875. The molecule has 0 aliphatic carbocycles. The van der Waals surface area contributed by atoms with Crippen LogP contribution in [0.2, 0.25) is 10.0 Å². The predicted octanol–water partition coefficient (Wildman–Crippen LogP) is 4.11. The molecule has 5 heteroatoms. The second-order valence-electron chi connectivity index (χ2n) is 3.96. The standard InChI is InChI=1S/C13H11Cl2NOS/c1-8-16-10(7-18-8)6-11(17)5-9-3-2-4-12(14)13(9)15/h2-4,7H,5-6H2,1H3. The van der Waals surface area contributed by atoms with Crippen LogP contribution in [0, 0.1) is 6.92 Å². The van der Waals surface area contributed by atoms with Gasteiger partial charge in [0.25, 0.3) is 0 Å². The number of thiazole rings is 1. The molecule has 0 saturated heterocycles. The number of aromatic nitrogens is 1. The van der Waals surface area contributed by atoms with Crippen molar-refractivity contribution in [1.82, 2.24) is 4.98 Å². The third-order valence-corrected chi connectivity index (χ3v) is 4.14. The van der Waals surface area contributed by atoms with Crippen molar-refractivity contribution in [2.75, 3.05) is 0 Å². The first-order chi connectivity index (χ1) is 8.56. The third kappa shape index (κ3) is 3.31. The molecule has 2 nitrogen and oxygen atoms in total. The minimum absolute atomic E-state index is 0.0875. The summed E-state index contributed by atoms with van der Waals surface area (Å²) < 4.78 is 0. The van der Waals surface area contributed by atoms with E-state index in [1.54, 1.807) is 23.5 Å². The van der Waals surface area contributed by atoms with Crippen LogP contribution in [0.1, 0.15) is 16.3 Å². The highest BCUT2D eigenvalue weighted by Crippen LogP contribution is 2.26. The van der Waals surface area contributed by atoms with E-state index in [0.29, 0.717) is 16.5 Å². The van der Waals surface area contributed by atoms with Crippen LogP contribution in [0.15, 0.2) is 23.6 Å². The van der Waals surface area contributed by atoms with Gasteiger partial charge in [-0.25, -0.2) is 4.98 Å². The number of nitrogens with zero attached hydrogens (tertiary/aromatic N) is 1. The number of Topliss-reactive ketones (excluding diaryl/α,β-unsaturated/α-hetero) is 1. The third-order valence-electron chi connectivity index (χ3n) is 2.46. The van der Waals surface area contributed by atoms with E-state index < -0.39 is 0 Å². The van der Waals surface area contributed by atoms with Gasteiger partial charge in [-0.15, -0.1) is 11.3 Å². The van der Waals surface area contributed by atoms with Crippen LogP contribution < -0.4 is 0 Å². The monoisotopic (exact) mass is 299 g/mol. The maximum atomic E-state index is 11.9. The van der Waals surface area contributed by atoms with Gasteiger partial charge in [0.05, 0.1) is 20.7 Å². The SMILES string of the molecule is Cc1nc(CC(=O)Cc2cccc(Cl)c2Cl)cs1. The van der Waals surface area contributed by atoms with Gasteiger partial charge in [-0.05, 0) is 18.6 Å². The second-order valence-corrected chi connectivity index (χ2v) is 5.81. The molecule has 94 valence electrons. The van der Waals surface area contributed by atoms with Gasteiger partial charge in [0.15, 0.2) is 0 Å². The zero-order valence-electron chi connectivity index (χ0n) is 9.74. The molecule has 0 bridgehead atoms. The highest BCUT2D eigenvalue weighted by Gasteiger charge is 2.11. The van der Waals surface area contributed by atoms with E-state index in [-0.39, 0.29) is 12.2 Å². The van der Waals surface area contributed by atoms with Crippen LogP contribution in [-0.4, -0.2) is 10.8 Å². The summed E-state index contributed by atoms with van der Waals surface area (Å²) in [6.45, 7) is 1.92. The highest BCUT2D eigenvalue weighted by atomic mass is 35.5. The first-order valence-corrected chi connectivity index (χ1v) is 7.05. The highest BCUT2D eigenvalue weighted by molar-refractivity contribution is 7.09. The Labute approximate surface area is 120 Å². The lowest BCUT2D eigenvalue weighted by molar-refractivity contribution is -0.117. The lowest BCUT2D eigenvalue weighted by Crippen LogP contribution is -2.07. The summed E-state index contributed by atoms with van der Waals surface area (Å²) in [4.78, 5) is 16.2. The predicted molar refractivity (Wildman–Crippen MR) is 75.7 cm³/mol. The van der Waals surface area contributed by atoms with Gasteiger partial charge < -0.3 is 0 Å². The first-order valence-electron chi connectivity index (χ1n) is 5.42. The molecule has 0 atom stereocenters. The number of halogens is 2. The quantitative estimate of drug-likeness (QED) is 0.850. The molecule has 0 radical (unpaired) electrons. The number of carbonyl (C=O) groups excluding carboxylic acids is 1. The normalized spacial score (nSPS) is 10.6. The molecule has 0 fully saturated rings. The summed E-state index contributed by atoms with van der Waals surface area (Å²) in [7, 11) is 0. The van der Waals surface area contributed by atoms with E-state index in [4.69, 9.17) is 23.2 Å². The average Bonchev–Trinajstić information content (AvgIpc) is 2.70. The van der Waals surface area contributed by atoms with Crippen molar-refractivity contribution in [2.45, 2.75) is 19.8 Å². The van der Waals surface area contributed by atoms with Gasteiger partial charge in [-0.3, -0.25) is 4.79 Å². The van der Waals surface area contributed by atoms with Crippen molar-refractivity contribution in [2.24, 2.45) is 0 Å². The van der Waals surface area contributed by atoms with E-state index in [1.807, 2.05) is 18.4 Å². The van der Waals surface area contributed by atoms with Crippen LogP contribution in [0.3, 0.4) is 0 Å². The molecule has 0 aliphatic rings. The molecule has 1 aromatic carbocycles. The van der Waals surface area contributed by atoms with E-state index in [9.17, 15) is 4.79 Å². The lowest BCUT2D eigenvalue weighted by Gasteiger charge is -2.04. The number of ketones is 1. The largest absolute Gasteiger partial charge is 0.299 e. The number of benzene rings is 1. The maximum Gasteiger partial charge on any atom is 0.143 e. The zero-order chi connectivity index (χ0) is 13.1. The molecule has 0 spiro atoms. The molecule has 0 aliphatic heterocycles. The van der Waals surface area contributed by atoms with Crippen molar-refractivity contribution in [3.63, 3.8) is 0 Å².